The first-order valence-corrected chi connectivity index (χ1v) is 9.06. The number of rotatable bonds is 4. The summed E-state index contributed by atoms with van der Waals surface area (Å²) < 4.78 is 11.1. The Hall–Kier alpha value is -2.50. The summed E-state index contributed by atoms with van der Waals surface area (Å²) in [7, 11) is 1.58. The Morgan fingerprint density at radius 3 is 2.77 bits per heavy atom. The lowest BCUT2D eigenvalue weighted by Crippen LogP contribution is -2.44. The summed E-state index contributed by atoms with van der Waals surface area (Å²) in [5.74, 6) is -0.0115. The molecule has 2 aliphatic heterocycles. The van der Waals surface area contributed by atoms with Gasteiger partial charge in [0.15, 0.2) is 5.76 Å². The van der Waals surface area contributed by atoms with Crippen LogP contribution in [-0.2, 0) is 4.79 Å². The zero-order valence-electron chi connectivity index (χ0n) is 15.2. The lowest BCUT2D eigenvalue weighted by Gasteiger charge is -2.32. The minimum absolute atomic E-state index is 0.0225. The first-order chi connectivity index (χ1) is 12.4. The van der Waals surface area contributed by atoms with Gasteiger partial charge in [-0.3, -0.25) is 9.59 Å². The molecule has 26 heavy (non-hydrogen) atoms. The number of methoxy groups -OCH3 is 1. The van der Waals surface area contributed by atoms with Crippen molar-refractivity contribution in [2.45, 2.75) is 51.6 Å². The van der Waals surface area contributed by atoms with Gasteiger partial charge in [0, 0.05) is 29.1 Å². The number of hydrogen-bond donors (Lipinski definition) is 1. The quantitative estimate of drug-likeness (QED) is 0.904. The molecule has 6 heteroatoms. The molecule has 0 saturated carbocycles. The number of carbonyl (C=O) groups excluding carboxylic acids is 1. The average Bonchev–Trinajstić information content (AvgIpc) is 3.30. The van der Waals surface area contributed by atoms with E-state index in [4.69, 9.17) is 9.15 Å². The molecule has 1 amide bonds. The Morgan fingerprint density at radius 1 is 1.38 bits per heavy atom. The predicted molar refractivity (Wildman–Crippen MR) is 95.5 cm³/mol. The van der Waals surface area contributed by atoms with E-state index in [1.807, 2.05) is 26.0 Å². The lowest BCUT2D eigenvalue weighted by atomic mass is 9.72. The molecule has 0 aliphatic carbocycles. The van der Waals surface area contributed by atoms with Crippen LogP contribution in [0.4, 0.5) is 0 Å². The monoisotopic (exact) mass is 357 g/mol. The van der Waals surface area contributed by atoms with Crippen LogP contribution in [0, 0.1) is 12.3 Å². The fraction of sp³-hybridized carbons (Fsp3) is 0.500. The highest BCUT2D eigenvalue weighted by Crippen LogP contribution is 2.52. The third-order valence-electron chi connectivity index (χ3n) is 6.37. The highest BCUT2D eigenvalue weighted by Gasteiger charge is 2.61. The topological polar surface area (TPSA) is 80.0 Å². The molecule has 138 valence electrons. The van der Waals surface area contributed by atoms with Gasteiger partial charge in [0.05, 0.1) is 12.5 Å². The minimum Gasteiger partial charge on any atom is -0.497 e. The number of carboxylic acid groups (broad SMARTS) is 1. The van der Waals surface area contributed by atoms with Crippen molar-refractivity contribution in [3.05, 3.63) is 29.5 Å². The van der Waals surface area contributed by atoms with Crippen molar-refractivity contribution in [1.82, 2.24) is 4.90 Å². The predicted octanol–water partition coefficient (Wildman–Crippen LogP) is 3.61. The molecule has 1 aromatic carbocycles. The van der Waals surface area contributed by atoms with Crippen LogP contribution < -0.4 is 4.74 Å². The van der Waals surface area contributed by atoms with E-state index in [-0.39, 0.29) is 18.0 Å². The smallest absolute Gasteiger partial charge is 0.311 e. The molecule has 1 N–H and O–H groups in total. The molecule has 3 heterocycles. The number of hydrogen-bond acceptors (Lipinski definition) is 4. The van der Waals surface area contributed by atoms with Gasteiger partial charge in [0.1, 0.15) is 11.3 Å². The van der Waals surface area contributed by atoms with Gasteiger partial charge in [-0.05, 0) is 44.7 Å². The van der Waals surface area contributed by atoms with Crippen molar-refractivity contribution in [3.63, 3.8) is 0 Å². The van der Waals surface area contributed by atoms with Gasteiger partial charge in [0.2, 0.25) is 0 Å². The number of furan rings is 1. The molecule has 0 unspecified atom stereocenters. The summed E-state index contributed by atoms with van der Waals surface area (Å²) in [4.78, 5) is 27.0. The molecular weight excluding hydrogens is 334 g/mol. The van der Waals surface area contributed by atoms with E-state index in [1.165, 1.54) is 0 Å². The van der Waals surface area contributed by atoms with Crippen molar-refractivity contribution >= 4 is 22.8 Å². The van der Waals surface area contributed by atoms with E-state index >= 15 is 0 Å². The summed E-state index contributed by atoms with van der Waals surface area (Å²) >= 11 is 0. The molecule has 2 bridgehead atoms. The summed E-state index contributed by atoms with van der Waals surface area (Å²) in [5, 5.41) is 10.7. The van der Waals surface area contributed by atoms with E-state index in [2.05, 4.69) is 0 Å². The number of nitrogens with zero attached hydrogens (tertiary/aromatic N) is 1. The summed E-state index contributed by atoms with van der Waals surface area (Å²) in [6.45, 7) is 3.77. The largest absolute Gasteiger partial charge is 0.497 e. The van der Waals surface area contributed by atoms with E-state index in [0.29, 0.717) is 29.9 Å². The Labute approximate surface area is 151 Å². The molecule has 2 aliphatic rings. The van der Waals surface area contributed by atoms with Crippen LogP contribution in [-0.4, -0.2) is 41.1 Å². The minimum atomic E-state index is -0.832. The van der Waals surface area contributed by atoms with Gasteiger partial charge in [-0.25, -0.2) is 0 Å². The third kappa shape index (κ3) is 2.11. The molecule has 2 saturated heterocycles. The van der Waals surface area contributed by atoms with E-state index in [0.717, 1.165) is 23.8 Å². The third-order valence-corrected chi connectivity index (χ3v) is 6.37. The number of amides is 1. The zero-order valence-corrected chi connectivity index (χ0v) is 15.2. The Balaban J connectivity index is 1.74. The van der Waals surface area contributed by atoms with Crippen molar-refractivity contribution in [3.8, 4) is 5.75 Å². The van der Waals surface area contributed by atoms with Crippen LogP contribution in [0.5, 0.6) is 5.75 Å². The van der Waals surface area contributed by atoms with Crippen LogP contribution in [0.3, 0.4) is 0 Å². The number of carboxylic acids is 1. The van der Waals surface area contributed by atoms with Gasteiger partial charge < -0.3 is 19.2 Å². The van der Waals surface area contributed by atoms with Crippen LogP contribution in [0.1, 0.15) is 48.7 Å². The normalized spacial score (nSPS) is 27.3. The Morgan fingerprint density at radius 2 is 2.15 bits per heavy atom. The Kier molecular flexibility index (Phi) is 3.75. The first-order valence-electron chi connectivity index (χ1n) is 9.06. The second kappa shape index (κ2) is 5.76. The van der Waals surface area contributed by atoms with Gasteiger partial charge in [-0.15, -0.1) is 0 Å². The van der Waals surface area contributed by atoms with Crippen molar-refractivity contribution in [2.24, 2.45) is 5.41 Å². The van der Waals surface area contributed by atoms with Crippen LogP contribution in [0.25, 0.3) is 11.0 Å². The number of benzene rings is 1. The van der Waals surface area contributed by atoms with Crippen LogP contribution >= 0.6 is 0 Å². The van der Waals surface area contributed by atoms with Crippen molar-refractivity contribution in [1.29, 1.82) is 0 Å². The maximum absolute atomic E-state index is 13.3. The maximum Gasteiger partial charge on any atom is 0.311 e. The molecule has 4 rings (SSSR count). The van der Waals surface area contributed by atoms with Crippen molar-refractivity contribution in [2.75, 3.05) is 7.11 Å². The maximum atomic E-state index is 13.3. The fourth-order valence-electron chi connectivity index (χ4n) is 4.90. The number of fused-ring (bicyclic) bond motifs is 3. The SMILES string of the molecule is CC[C@@]1(C(=O)O)C[C@@H]2CC[C@H]1N2C(=O)c1oc2cc(OC)ccc2c1C. The fourth-order valence-corrected chi connectivity index (χ4v) is 4.90. The standard InChI is InChI=1S/C20H23NO5/c1-4-20(19(23)24)10-12-5-8-16(20)21(12)18(22)17-11(2)14-7-6-13(25-3)9-15(14)26-17/h6-7,9,12,16H,4-5,8,10H2,1-3H3,(H,23,24)/t12-,16+,20+/m0/s1. The van der Waals surface area contributed by atoms with Crippen LogP contribution in [0.15, 0.2) is 22.6 Å². The first kappa shape index (κ1) is 16.9. The molecule has 0 radical (unpaired) electrons. The Bertz CT molecular complexity index is 901. The number of ether oxygens (including phenoxy) is 1. The number of carbonyl (C=O) groups is 2. The van der Waals surface area contributed by atoms with Gasteiger partial charge in [-0.2, -0.15) is 0 Å². The number of aliphatic carboxylic acids is 1. The second-order valence-electron chi connectivity index (χ2n) is 7.40. The molecule has 1 aromatic heterocycles. The lowest BCUT2D eigenvalue weighted by molar-refractivity contribution is -0.151. The highest BCUT2D eigenvalue weighted by molar-refractivity contribution is 6.00. The summed E-state index contributed by atoms with van der Waals surface area (Å²) in [6.07, 6.45) is 2.66. The molecule has 3 atom stereocenters. The van der Waals surface area contributed by atoms with E-state index < -0.39 is 11.4 Å². The van der Waals surface area contributed by atoms with Gasteiger partial charge in [-0.1, -0.05) is 6.92 Å². The summed E-state index contributed by atoms with van der Waals surface area (Å²) in [5.41, 5.74) is 0.565. The van der Waals surface area contributed by atoms with Crippen molar-refractivity contribution < 1.29 is 23.8 Å². The average molecular weight is 357 g/mol. The molecule has 6 nitrogen and oxygen atoms in total. The van der Waals surface area contributed by atoms with E-state index in [9.17, 15) is 14.7 Å². The molecule has 2 fully saturated rings. The number of aryl methyl sites for hydroxylation is 1. The zero-order chi connectivity index (χ0) is 18.6. The molecular formula is C20H23NO5. The van der Waals surface area contributed by atoms with Gasteiger partial charge in [0.25, 0.3) is 5.91 Å². The molecule has 2 aromatic rings. The van der Waals surface area contributed by atoms with Gasteiger partial charge >= 0.3 is 5.97 Å². The molecule has 0 spiro atoms. The summed E-state index contributed by atoms with van der Waals surface area (Å²) in [6, 6.07) is 5.21. The second-order valence-corrected chi connectivity index (χ2v) is 7.40. The highest BCUT2D eigenvalue weighted by atomic mass is 16.5. The van der Waals surface area contributed by atoms with E-state index in [1.54, 1.807) is 18.1 Å². The van der Waals surface area contributed by atoms with Crippen LogP contribution in [0.2, 0.25) is 0 Å².